The first-order valence-electron chi connectivity index (χ1n) is 30.2. The summed E-state index contributed by atoms with van der Waals surface area (Å²) in [6.45, 7) is 14.5. The smallest absolute Gasteiger partial charge is 0.187 e. The SMILES string of the molecule is CC(C)=CCC[C@](C)(O[C@@H]1O[C@H](CO[C@H]2OC[C@H](O[C@H]3OC[C@@H](O)[C@H](O)[C@H]3O)[C@H](O)[C@H]2O)[C@@H](O)[C@H](O)[C@H]1O)[C@H]1CC[C@]2(C)C1C(O)CC1[C@@]3(C)CC[C@H](O[C@@H]4O[C@H](CO)[C@@H](O)[C@H](O)[C@H]4O[C@H]4O[C@H](CO)[C@@H](O)[C@H](O)[C@H]4O)C(C)(C)[C@@H]3CC[C@]12C. The molecule has 0 amide bonds. The van der Waals surface area contributed by atoms with Crippen molar-refractivity contribution in [1.82, 2.24) is 0 Å². The van der Waals surface area contributed by atoms with Gasteiger partial charge in [-0.15, -0.1) is 0 Å². The predicted octanol–water partition coefficient (Wildman–Crippen LogP) is -3.10. The lowest BCUT2D eigenvalue weighted by molar-refractivity contribution is -0.378. The molecule has 5 saturated heterocycles. The maximum absolute atomic E-state index is 12.9. The molecule has 4 aliphatic carbocycles. The van der Waals surface area contributed by atoms with E-state index in [2.05, 4.69) is 40.7 Å². The topological polar surface area (TPSA) is 416 Å². The summed E-state index contributed by atoms with van der Waals surface area (Å²) in [7, 11) is 0. The van der Waals surface area contributed by atoms with E-state index in [9.17, 15) is 81.7 Å². The minimum atomic E-state index is -1.82. The lowest BCUT2D eigenvalue weighted by Gasteiger charge is -2.71. The van der Waals surface area contributed by atoms with Gasteiger partial charge in [-0.25, -0.2) is 0 Å². The summed E-state index contributed by atoms with van der Waals surface area (Å²) in [4.78, 5) is 0. The van der Waals surface area contributed by atoms with Crippen LogP contribution in [0.2, 0.25) is 0 Å². The Morgan fingerprint density at radius 3 is 1.76 bits per heavy atom. The van der Waals surface area contributed by atoms with Gasteiger partial charge in [-0.05, 0) is 124 Å². The van der Waals surface area contributed by atoms with Crippen molar-refractivity contribution in [1.29, 1.82) is 0 Å². The van der Waals surface area contributed by atoms with Crippen LogP contribution in [0.15, 0.2) is 11.6 Å². The summed E-state index contributed by atoms with van der Waals surface area (Å²) in [6, 6.07) is 0. The van der Waals surface area contributed by atoms with Gasteiger partial charge in [-0.1, -0.05) is 46.3 Å². The van der Waals surface area contributed by atoms with Gasteiger partial charge >= 0.3 is 0 Å². The molecule has 33 atom stereocenters. The average Bonchev–Trinajstić information content (AvgIpc) is 1.25. The molecule has 9 aliphatic rings. The van der Waals surface area contributed by atoms with Gasteiger partial charge in [-0.2, -0.15) is 0 Å². The van der Waals surface area contributed by atoms with Crippen LogP contribution in [0, 0.1) is 45.3 Å². The number of allylic oxidation sites excluding steroid dienone is 2. The Kier molecular flexibility index (Phi) is 20.6. The second-order valence-electron chi connectivity index (χ2n) is 27.7. The highest BCUT2D eigenvalue weighted by molar-refractivity contribution is 5.21. The van der Waals surface area contributed by atoms with Gasteiger partial charge in [0.25, 0.3) is 0 Å². The van der Waals surface area contributed by atoms with Crippen molar-refractivity contribution in [3.8, 4) is 0 Å². The summed E-state index contributed by atoms with van der Waals surface area (Å²) in [5.41, 5.74) is -1.68. The molecule has 9 fully saturated rings. The minimum absolute atomic E-state index is 0.0238. The first-order chi connectivity index (χ1) is 39.4. The molecule has 5 aliphatic heterocycles. The van der Waals surface area contributed by atoms with E-state index in [-0.39, 0.29) is 47.7 Å². The molecule has 26 nitrogen and oxygen atoms in total. The molecule has 0 radical (unpaired) electrons. The zero-order chi connectivity index (χ0) is 61.5. The molecule has 0 spiro atoms. The van der Waals surface area contributed by atoms with Gasteiger partial charge in [0.1, 0.15) is 110 Å². The predicted molar refractivity (Wildman–Crippen MR) is 287 cm³/mol. The Balaban J connectivity index is 0.895. The fourth-order valence-corrected chi connectivity index (χ4v) is 17.2. The Morgan fingerprint density at radius 2 is 1.11 bits per heavy atom. The highest BCUT2D eigenvalue weighted by Crippen LogP contribution is 2.76. The Hall–Kier alpha value is -1.30. The average molecular weight is 1210 g/mol. The minimum Gasteiger partial charge on any atom is -0.394 e. The molecule has 0 bridgehead atoms. The number of rotatable bonds is 17. The fraction of sp³-hybridized carbons (Fsp3) is 0.966. The maximum atomic E-state index is 12.9. The van der Waals surface area contributed by atoms with E-state index in [1.807, 2.05) is 20.8 Å². The number of hydrogen-bond acceptors (Lipinski definition) is 26. The normalized spacial score (nSPS) is 53.0. The zero-order valence-corrected chi connectivity index (χ0v) is 49.5. The molecule has 0 aromatic heterocycles. The van der Waals surface area contributed by atoms with Crippen LogP contribution in [0.4, 0.5) is 0 Å². The van der Waals surface area contributed by atoms with Crippen molar-refractivity contribution in [3.63, 3.8) is 0 Å². The summed E-state index contributed by atoms with van der Waals surface area (Å²) in [5, 5.41) is 174. The molecule has 16 N–H and O–H groups in total. The number of aliphatic hydroxyl groups is 16. The fourth-order valence-electron chi connectivity index (χ4n) is 17.2. The largest absolute Gasteiger partial charge is 0.394 e. The van der Waals surface area contributed by atoms with E-state index in [1.165, 1.54) is 0 Å². The van der Waals surface area contributed by atoms with Crippen molar-refractivity contribution in [3.05, 3.63) is 11.6 Å². The Morgan fingerprint density at radius 1 is 0.536 bits per heavy atom. The van der Waals surface area contributed by atoms with Crippen LogP contribution in [0.5, 0.6) is 0 Å². The second-order valence-corrected chi connectivity index (χ2v) is 27.7. The molecule has 0 aromatic rings. The molecule has 84 heavy (non-hydrogen) atoms. The van der Waals surface area contributed by atoms with Gasteiger partial charge in [0.05, 0.1) is 50.8 Å². The van der Waals surface area contributed by atoms with Crippen LogP contribution in [0.1, 0.15) is 113 Å². The molecule has 26 heteroatoms. The van der Waals surface area contributed by atoms with E-state index in [0.717, 1.165) is 24.8 Å². The number of ether oxygens (including phenoxy) is 10. The van der Waals surface area contributed by atoms with E-state index < -0.39 is 190 Å². The standard InChI is InChI=1S/C58H98O26/c1-24(2)10-9-14-58(8,84-52-47(74)42(69)39(66)30(81-52)22-76-49-45(72)40(67)31(23-77-49)80-50-44(71)36(63)27(62)21-75-50)25-11-16-57(7)35(25)26(61)18-33-55(5)15-13-34(54(3,4)32(55)12-17-56(33,57)6)82-53-48(43(70)38(65)29(20-60)79-53)83-51-46(73)41(68)37(64)28(19-59)78-51/h10,25-53,59-74H,9,11-23H2,1-8H3/t25-,26?,27+,28+,29+,30+,31-,32-,33?,34-,35?,36-,37+,38+,39+,40-,41-,42-,43-,44+,45+,46+,47+,48+,49-,50+,51+,52-,53-,55-,56+,57+,58-/m0/s1. The van der Waals surface area contributed by atoms with Gasteiger partial charge in [0.15, 0.2) is 31.5 Å². The van der Waals surface area contributed by atoms with Crippen LogP contribution in [-0.4, -0.2) is 274 Å². The number of fused-ring (bicyclic) bond motifs is 5. The highest BCUT2D eigenvalue weighted by atomic mass is 16.8. The lowest BCUT2D eigenvalue weighted by atomic mass is 9.35. The number of aliphatic hydroxyl groups excluding tert-OH is 16. The second kappa shape index (κ2) is 25.8. The number of hydrogen-bond donors (Lipinski definition) is 16. The van der Waals surface area contributed by atoms with E-state index in [0.29, 0.717) is 38.5 Å². The Bertz CT molecular complexity index is 2210. The summed E-state index contributed by atoms with van der Waals surface area (Å²) < 4.78 is 60.3. The molecule has 0 aromatic carbocycles. The summed E-state index contributed by atoms with van der Waals surface area (Å²) in [5.74, 6) is -0.533. The van der Waals surface area contributed by atoms with Crippen molar-refractivity contribution >= 4 is 0 Å². The van der Waals surface area contributed by atoms with Crippen molar-refractivity contribution < 1.29 is 129 Å². The van der Waals surface area contributed by atoms with Gasteiger partial charge in [-0.3, -0.25) is 0 Å². The van der Waals surface area contributed by atoms with Gasteiger partial charge < -0.3 is 129 Å². The lowest BCUT2D eigenvalue weighted by Crippen LogP contribution is -2.68. The van der Waals surface area contributed by atoms with Crippen LogP contribution in [0.3, 0.4) is 0 Å². The molecule has 4 saturated carbocycles. The van der Waals surface area contributed by atoms with Gasteiger partial charge in [0, 0.05) is 0 Å². The molecule has 3 unspecified atom stereocenters. The molecule has 5 heterocycles. The first-order valence-corrected chi connectivity index (χ1v) is 30.2. The third-order valence-corrected chi connectivity index (χ3v) is 22.2. The van der Waals surface area contributed by atoms with Crippen molar-refractivity contribution in [2.24, 2.45) is 45.3 Å². The molecule has 486 valence electrons. The van der Waals surface area contributed by atoms with Gasteiger partial charge in [0.2, 0.25) is 0 Å². The Labute approximate surface area is 490 Å². The summed E-state index contributed by atoms with van der Waals surface area (Å²) >= 11 is 0. The summed E-state index contributed by atoms with van der Waals surface area (Å²) in [6.07, 6.45) is -29.8. The van der Waals surface area contributed by atoms with Crippen molar-refractivity contribution in [2.75, 3.05) is 33.0 Å². The third-order valence-electron chi connectivity index (χ3n) is 22.2. The zero-order valence-electron chi connectivity index (χ0n) is 49.5. The third kappa shape index (κ3) is 12.0. The van der Waals surface area contributed by atoms with Crippen LogP contribution < -0.4 is 0 Å². The quantitative estimate of drug-likeness (QED) is 0.0507. The van der Waals surface area contributed by atoms with E-state index in [4.69, 9.17) is 47.4 Å². The molecular formula is C58H98O26. The molecule has 9 rings (SSSR count). The van der Waals surface area contributed by atoms with Crippen LogP contribution in [-0.2, 0) is 47.4 Å². The van der Waals surface area contributed by atoms with Crippen molar-refractivity contribution in [2.45, 2.75) is 272 Å². The van der Waals surface area contributed by atoms with Crippen LogP contribution >= 0.6 is 0 Å². The maximum Gasteiger partial charge on any atom is 0.187 e. The first kappa shape index (κ1) is 67.1. The molecular weight excluding hydrogens is 1110 g/mol. The van der Waals surface area contributed by atoms with E-state index in [1.54, 1.807) is 0 Å². The van der Waals surface area contributed by atoms with E-state index >= 15 is 0 Å². The highest BCUT2D eigenvalue weighted by Gasteiger charge is 2.72. The monoisotopic (exact) mass is 1210 g/mol. The van der Waals surface area contributed by atoms with Crippen LogP contribution in [0.25, 0.3) is 0 Å².